The quantitative estimate of drug-likeness (QED) is 0.183. The molecule has 0 atom stereocenters. The van der Waals surface area contributed by atoms with Crippen molar-refractivity contribution < 1.29 is 18.6 Å². The maximum Gasteiger partial charge on any atom is 0.293 e. The van der Waals surface area contributed by atoms with E-state index in [9.17, 15) is 14.9 Å². The molecule has 3 aromatic carbocycles. The number of nitrogens with one attached hydrogen (secondary N) is 2. The van der Waals surface area contributed by atoms with E-state index in [1.54, 1.807) is 30.3 Å². The summed E-state index contributed by atoms with van der Waals surface area (Å²) in [5.41, 5.74) is 3.36. The number of aromatic nitrogens is 1. The number of carbonyl (C=O) groups excluding carboxylic acids is 1. The van der Waals surface area contributed by atoms with Gasteiger partial charge in [-0.1, -0.05) is 24.3 Å². The van der Waals surface area contributed by atoms with Crippen LogP contribution in [0.4, 0.5) is 11.4 Å². The third-order valence-corrected chi connectivity index (χ3v) is 5.29. The monoisotopic (exact) mass is 484 g/mol. The lowest BCUT2D eigenvalue weighted by atomic mass is 10.1. The molecule has 0 fully saturated rings. The summed E-state index contributed by atoms with van der Waals surface area (Å²) in [7, 11) is 0. The fourth-order valence-corrected chi connectivity index (χ4v) is 3.62. The summed E-state index contributed by atoms with van der Waals surface area (Å²) in [6, 6.07) is 23.7. The molecule has 0 radical (unpaired) electrons. The van der Waals surface area contributed by atoms with Crippen LogP contribution in [-0.2, 0) is 0 Å². The fraction of sp³-hybridized carbons (Fsp3) is 0. The number of nitro benzene ring substituents is 1. The van der Waals surface area contributed by atoms with Gasteiger partial charge in [-0.25, -0.2) is 4.98 Å². The Kier molecular flexibility index (Phi) is 5.78. The highest BCUT2D eigenvalue weighted by Crippen LogP contribution is 2.27. The van der Waals surface area contributed by atoms with Gasteiger partial charge in [0.15, 0.2) is 16.5 Å². The Morgan fingerprint density at radius 2 is 1.71 bits per heavy atom. The number of rotatable bonds is 5. The van der Waals surface area contributed by atoms with E-state index in [0.717, 1.165) is 11.1 Å². The van der Waals surface area contributed by atoms with Crippen LogP contribution in [0.1, 0.15) is 10.6 Å². The van der Waals surface area contributed by atoms with Crippen LogP contribution in [0.25, 0.3) is 33.9 Å². The molecule has 2 N–H and O–H groups in total. The highest BCUT2D eigenvalue weighted by Gasteiger charge is 2.16. The predicted octanol–water partition coefficient (Wildman–Crippen LogP) is 5.79. The number of para-hydroxylation sites is 2. The molecule has 0 saturated heterocycles. The topological polar surface area (TPSA) is 123 Å². The summed E-state index contributed by atoms with van der Waals surface area (Å²) in [6.07, 6.45) is 0. The predicted molar refractivity (Wildman–Crippen MR) is 134 cm³/mol. The molecule has 0 aliphatic heterocycles. The van der Waals surface area contributed by atoms with Gasteiger partial charge in [-0.15, -0.1) is 0 Å². The highest BCUT2D eigenvalue weighted by atomic mass is 32.1. The second-order valence-corrected chi connectivity index (χ2v) is 7.85. The van der Waals surface area contributed by atoms with E-state index in [1.165, 1.54) is 18.2 Å². The standard InChI is InChI=1S/C25H16N4O5S/c30-23(22-13-12-20(33-22)16-4-3-5-18(14-16)29(31)32)28-25(35)26-17-10-8-15(9-11-17)24-27-19-6-1-2-7-21(19)34-24/h1-14H,(H2,26,28,30,35). The van der Waals surface area contributed by atoms with Gasteiger partial charge in [0, 0.05) is 28.9 Å². The van der Waals surface area contributed by atoms with Gasteiger partial charge in [0.1, 0.15) is 11.3 Å². The molecular formula is C25H16N4O5S. The van der Waals surface area contributed by atoms with Crippen LogP contribution in [0.5, 0.6) is 0 Å². The zero-order chi connectivity index (χ0) is 24.4. The Hall–Kier alpha value is -4.83. The maximum absolute atomic E-state index is 12.5. The number of amides is 1. The molecular weight excluding hydrogens is 468 g/mol. The number of nitro groups is 1. The van der Waals surface area contributed by atoms with Crippen LogP contribution in [0, 0.1) is 10.1 Å². The number of non-ortho nitro benzene ring substituents is 1. The fourth-order valence-electron chi connectivity index (χ4n) is 3.41. The molecule has 9 nitrogen and oxygen atoms in total. The van der Waals surface area contributed by atoms with Crippen LogP contribution in [0.3, 0.4) is 0 Å². The Morgan fingerprint density at radius 1 is 0.914 bits per heavy atom. The van der Waals surface area contributed by atoms with E-state index in [2.05, 4.69) is 15.6 Å². The molecule has 5 rings (SSSR count). The van der Waals surface area contributed by atoms with Crippen molar-refractivity contribution in [2.45, 2.75) is 0 Å². The lowest BCUT2D eigenvalue weighted by Gasteiger charge is -2.09. The number of anilines is 1. The number of benzene rings is 3. The first-order chi connectivity index (χ1) is 17.0. The Morgan fingerprint density at radius 3 is 2.49 bits per heavy atom. The van der Waals surface area contributed by atoms with E-state index < -0.39 is 10.8 Å². The lowest BCUT2D eigenvalue weighted by Crippen LogP contribution is -2.33. The van der Waals surface area contributed by atoms with Crippen molar-refractivity contribution in [2.75, 3.05) is 5.32 Å². The lowest BCUT2D eigenvalue weighted by molar-refractivity contribution is -0.384. The first-order valence-corrected chi connectivity index (χ1v) is 10.8. The van der Waals surface area contributed by atoms with Crippen molar-refractivity contribution in [3.05, 3.63) is 101 Å². The Labute approximate surface area is 203 Å². The summed E-state index contributed by atoms with van der Waals surface area (Å²) < 4.78 is 11.3. The van der Waals surface area contributed by atoms with Crippen LogP contribution in [0.2, 0.25) is 0 Å². The number of carbonyl (C=O) groups is 1. The van der Waals surface area contributed by atoms with Crippen LogP contribution in [-0.4, -0.2) is 20.9 Å². The van der Waals surface area contributed by atoms with E-state index in [0.29, 0.717) is 28.5 Å². The van der Waals surface area contributed by atoms with Crippen molar-refractivity contribution in [1.29, 1.82) is 0 Å². The number of furan rings is 1. The summed E-state index contributed by atoms with van der Waals surface area (Å²) >= 11 is 5.24. The molecule has 0 aliphatic rings. The number of thiocarbonyl (C=S) groups is 1. The third kappa shape index (κ3) is 4.77. The molecule has 172 valence electrons. The van der Waals surface area contributed by atoms with Crippen molar-refractivity contribution in [3.63, 3.8) is 0 Å². The SMILES string of the molecule is O=C(NC(=S)Nc1ccc(-c2nc3ccccc3o2)cc1)c1ccc(-c2cccc([N+](=O)[O-])c2)o1. The third-order valence-electron chi connectivity index (χ3n) is 5.08. The number of fused-ring (bicyclic) bond motifs is 1. The number of hydrogen-bond acceptors (Lipinski definition) is 7. The van der Waals surface area contributed by atoms with Crippen molar-refractivity contribution in [3.8, 4) is 22.8 Å². The van der Waals surface area contributed by atoms with Crippen molar-refractivity contribution in [1.82, 2.24) is 10.3 Å². The summed E-state index contributed by atoms with van der Waals surface area (Å²) in [5.74, 6) is 0.294. The summed E-state index contributed by atoms with van der Waals surface area (Å²) in [5, 5.41) is 16.6. The summed E-state index contributed by atoms with van der Waals surface area (Å²) in [4.78, 5) is 27.5. The smallest absolute Gasteiger partial charge is 0.293 e. The Balaban J connectivity index is 1.22. The molecule has 0 saturated carbocycles. The zero-order valence-corrected chi connectivity index (χ0v) is 18.7. The molecule has 1 amide bonds. The molecule has 0 spiro atoms. The van der Waals surface area contributed by atoms with E-state index in [4.69, 9.17) is 21.1 Å². The minimum absolute atomic E-state index is 0.0157. The zero-order valence-electron chi connectivity index (χ0n) is 17.9. The van der Waals surface area contributed by atoms with Crippen molar-refractivity contribution >= 4 is 45.7 Å². The second kappa shape index (κ2) is 9.20. The largest absolute Gasteiger partial charge is 0.451 e. The number of hydrogen-bond donors (Lipinski definition) is 2. The molecule has 10 heteroatoms. The molecule has 0 bridgehead atoms. The van der Waals surface area contributed by atoms with Gasteiger partial charge >= 0.3 is 0 Å². The molecule has 35 heavy (non-hydrogen) atoms. The highest BCUT2D eigenvalue weighted by molar-refractivity contribution is 7.80. The van der Waals surface area contributed by atoms with E-state index in [1.807, 2.05) is 36.4 Å². The van der Waals surface area contributed by atoms with Gasteiger partial charge in [-0.2, -0.15) is 0 Å². The van der Waals surface area contributed by atoms with Crippen LogP contribution >= 0.6 is 12.2 Å². The minimum atomic E-state index is -0.553. The van der Waals surface area contributed by atoms with Gasteiger partial charge < -0.3 is 14.2 Å². The minimum Gasteiger partial charge on any atom is -0.451 e. The normalized spacial score (nSPS) is 10.7. The molecule has 0 aliphatic carbocycles. The maximum atomic E-state index is 12.5. The Bertz CT molecular complexity index is 1540. The first-order valence-electron chi connectivity index (χ1n) is 10.4. The van der Waals surface area contributed by atoms with Crippen LogP contribution in [0.15, 0.2) is 93.8 Å². The van der Waals surface area contributed by atoms with Gasteiger partial charge in [0.25, 0.3) is 11.6 Å². The number of nitrogens with zero attached hydrogens (tertiary/aromatic N) is 2. The second-order valence-electron chi connectivity index (χ2n) is 7.44. The van der Waals surface area contributed by atoms with Gasteiger partial charge in [0.05, 0.1) is 4.92 Å². The first kappa shape index (κ1) is 22.0. The molecule has 5 aromatic rings. The van der Waals surface area contributed by atoms with E-state index in [-0.39, 0.29) is 16.6 Å². The van der Waals surface area contributed by atoms with Gasteiger partial charge in [0.2, 0.25) is 5.89 Å². The molecule has 0 unspecified atom stereocenters. The van der Waals surface area contributed by atoms with E-state index >= 15 is 0 Å². The molecule has 2 aromatic heterocycles. The van der Waals surface area contributed by atoms with Crippen LogP contribution < -0.4 is 10.6 Å². The van der Waals surface area contributed by atoms with Gasteiger partial charge in [-0.3, -0.25) is 20.2 Å². The molecule has 2 heterocycles. The van der Waals surface area contributed by atoms with Crippen molar-refractivity contribution in [2.24, 2.45) is 0 Å². The average molecular weight is 484 g/mol. The number of oxazole rings is 1. The average Bonchev–Trinajstić information content (AvgIpc) is 3.52. The van der Waals surface area contributed by atoms with Gasteiger partial charge in [-0.05, 0) is 60.7 Å². The summed E-state index contributed by atoms with van der Waals surface area (Å²) in [6.45, 7) is 0.